The first kappa shape index (κ1) is 17.3. The molecule has 0 bridgehead atoms. The summed E-state index contributed by atoms with van der Waals surface area (Å²) in [6, 6.07) is 0.581. The number of hydrogen-bond donors (Lipinski definition) is 2. The van der Waals surface area contributed by atoms with Crippen molar-refractivity contribution in [1.29, 1.82) is 0 Å². The van der Waals surface area contributed by atoms with Gasteiger partial charge in [-0.25, -0.2) is 0 Å². The summed E-state index contributed by atoms with van der Waals surface area (Å²) < 4.78 is 0. The van der Waals surface area contributed by atoms with Crippen molar-refractivity contribution >= 4 is 39.6 Å². The highest BCUT2D eigenvalue weighted by atomic mass is 32.2. The van der Waals surface area contributed by atoms with Crippen molar-refractivity contribution < 1.29 is 4.79 Å². The van der Waals surface area contributed by atoms with Crippen LogP contribution in [0.1, 0.15) is 36.9 Å². The van der Waals surface area contributed by atoms with E-state index in [1.807, 2.05) is 6.26 Å². The molecule has 1 rings (SSSR count). The molecule has 0 amide bonds. The van der Waals surface area contributed by atoms with E-state index in [4.69, 9.17) is 5.73 Å². The predicted octanol–water partition coefficient (Wildman–Crippen LogP) is 3.40. The molecule has 0 aromatic carbocycles. The van der Waals surface area contributed by atoms with E-state index in [-0.39, 0.29) is 5.78 Å². The molecule has 1 aromatic heterocycles. The Labute approximate surface area is 130 Å². The Hall–Kier alpha value is -0.720. The molecule has 0 fully saturated rings. The van der Waals surface area contributed by atoms with Gasteiger partial charge in [-0.3, -0.25) is 4.79 Å². The van der Waals surface area contributed by atoms with E-state index in [0.29, 0.717) is 16.6 Å². The molecule has 0 radical (unpaired) electrons. The predicted molar refractivity (Wildman–Crippen MR) is 91.4 cm³/mol. The lowest BCUT2D eigenvalue weighted by atomic mass is 10.2. The van der Waals surface area contributed by atoms with Crippen LogP contribution in [-0.4, -0.2) is 43.1 Å². The van der Waals surface area contributed by atoms with E-state index in [1.54, 1.807) is 18.7 Å². The van der Waals surface area contributed by atoms with Crippen LogP contribution < -0.4 is 11.1 Å². The molecule has 1 unspecified atom stereocenters. The lowest BCUT2D eigenvalue weighted by Gasteiger charge is -2.23. The Balaban J connectivity index is 2.69. The summed E-state index contributed by atoms with van der Waals surface area (Å²) in [4.78, 5) is 15.5. The molecule has 1 atom stereocenters. The number of thioether (sulfide) groups is 1. The van der Waals surface area contributed by atoms with Crippen LogP contribution in [0.5, 0.6) is 0 Å². The van der Waals surface area contributed by atoms with Gasteiger partial charge in [0.05, 0.1) is 15.5 Å². The minimum absolute atomic E-state index is 0.0348. The summed E-state index contributed by atoms with van der Waals surface area (Å²) >= 11 is 3.05. The van der Waals surface area contributed by atoms with Gasteiger partial charge in [-0.15, -0.1) is 23.1 Å². The van der Waals surface area contributed by atoms with Crippen LogP contribution in [0.3, 0.4) is 0 Å². The van der Waals surface area contributed by atoms with Crippen LogP contribution in [0.25, 0.3) is 0 Å². The molecule has 114 valence electrons. The molecule has 20 heavy (non-hydrogen) atoms. The molecule has 6 heteroatoms. The average Bonchev–Trinajstić information content (AvgIpc) is 2.74. The maximum absolute atomic E-state index is 11.5. The van der Waals surface area contributed by atoms with E-state index in [9.17, 15) is 4.79 Å². The molecule has 0 spiro atoms. The molecule has 4 nitrogen and oxygen atoms in total. The zero-order valence-electron chi connectivity index (χ0n) is 12.9. The fraction of sp³-hybridized carbons (Fsp3) is 0.643. The van der Waals surface area contributed by atoms with Crippen molar-refractivity contribution in [1.82, 2.24) is 4.90 Å². The highest BCUT2D eigenvalue weighted by Gasteiger charge is 2.18. The van der Waals surface area contributed by atoms with Crippen LogP contribution in [0.2, 0.25) is 0 Å². The van der Waals surface area contributed by atoms with Crippen LogP contribution in [0.4, 0.5) is 10.7 Å². The number of nitrogen functional groups attached to an aromatic ring is 1. The molecule has 1 heterocycles. The van der Waals surface area contributed by atoms with E-state index >= 15 is 0 Å². The van der Waals surface area contributed by atoms with E-state index in [1.165, 1.54) is 11.3 Å². The average molecular weight is 316 g/mol. The van der Waals surface area contributed by atoms with Gasteiger partial charge in [0, 0.05) is 26.1 Å². The van der Waals surface area contributed by atoms with Gasteiger partial charge in [-0.1, -0.05) is 6.92 Å². The third-order valence-corrected chi connectivity index (χ3v) is 5.74. The van der Waals surface area contributed by atoms with Crippen LogP contribution in [0, 0.1) is 0 Å². The number of likely N-dealkylation sites (N-methyl/N-ethyl adjacent to an activating group) is 1. The minimum atomic E-state index is 0.0348. The lowest BCUT2D eigenvalue weighted by molar-refractivity contribution is 0.102. The summed E-state index contributed by atoms with van der Waals surface area (Å²) in [6.07, 6.45) is 3.13. The minimum Gasteiger partial charge on any atom is -0.396 e. The zero-order valence-corrected chi connectivity index (χ0v) is 14.6. The summed E-state index contributed by atoms with van der Waals surface area (Å²) in [5.74, 6) is 0.0348. The van der Waals surface area contributed by atoms with Crippen molar-refractivity contribution in [3.05, 3.63) is 4.88 Å². The van der Waals surface area contributed by atoms with E-state index in [2.05, 4.69) is 31.1 Å². The highest BCUT2D eigenvalue weighted by Crippen LogP contribution is 2.41. The van der Waals surface area contributed by atoms with Crippen molar-refractivity contribution in [3.8, 4) is 0 Å². The molecule has 0 aliphatic rings. The topological polar surface area (TPSA) is 58.4 Å². The molecule has 3 N–H and O–H groups in total. The Morgan fingerprint density at radius 3 is 2.70 bits per heavy atom. The van der Waals surface area contributed by atoms with Gasteiger partial charge in [-0.05, 0) is 26.6 Å². The van der Waals surface area contributed by atoms with E-state index in [0.717, 1.165) is 29.4 Å². The SMILES string of the molecule is CCC(C)N(C)CCNc1sc(C(C)=O)c(N)c1SC. The summed E-state index contributed by atoms with van der Waals surface area (Å²) in [7, 11) is 2.13. The number of ketones is 1. The Kier molecular flexibility index (Phi) is 6.85. The summed E-state index contributed by atoms with van der Waals surface area (Å²) in [5.41, 5.74) is 6.65. The summed E-state index contributed by atoms with van der Waals surface area (Å²) in [5, 5.41) is 4.43. The van der Waals surface area contributed by atoms with Gasteiger partial charge in [0.2, 0.25) is 0 Å². The molecule has 1 aromatic rings. The Bertz CT molecular complexity index is 460. The van der Waals surface area contributed by atoms with E-state index < -0.39 is 0 Å². The number of rotatable bonds is 8. The van der Waals surface area contributed by atoms with Gasteiger partial charge >= 0.3 is 0 Å². The van der Waals surface area contributed by atoms with Gasteiger partial charge in [0.1, 0.15) is 5.00 Å². The maximum Gasteiger partial charge on any atom is 0.171 e. The first-order valence-corrected chi connectivity index (χ1v) is 8.87. The lowest BCUT2D eigenvalue weighted by Crippen LogP contribution is -2.32. The van der Waals surface area contributed by atoms with Crippen molar-refractivity contribution in [2.45, 2.75) is 38.1 Å². The third kappa shape index (κ3) is 4.14. The van der Waals surface area contributed by atoms with Crippen molar-refractivity contribution in [2.24, 2.45) is 0 Å². The van der Waals surface area contributed by atoms with Crippen LogP contribution in [0.15, 0.2) is 4.90 Å². The molecular weight excluding hydrogens is 290 g/mol. The molecule has 0 saturated carbocycles. The van der Waals surface area contributed by atoms with Crippen LogP contribution in [-0.2, 0) is 0 Å². The standard InChI is InChI=1S/C14H25N3OS2/c1-6-9(2)17(4)8-7-16-14-13(19-5)11(15)12(20-14)10(3)18/h9,16H,6-8,15H2,1-5H3. The normalized spacial score (nSPS) is 12.7. The highest BCUT2D eigenvalue weighted by molar-refractivity contribution is 7.99. The first-order valence-electron chi connectivity index (χ1n) is 6.83. The number of hydrogen-bond acceptors (Lipinski definition) is 6. The largest absolute Gasteiger partial charge is 0.396 e. The monoisotopic (exact) mass is 315 g/mol. The second-order valence-corrected chi connectivity index (χ2v) is 6.77. The third-order valence-electron chi connectivity index (χ3n) is 3.52. The fourth-order valence-corrected chi connectivity index (χ4v) is 3.84. The van der Waals surface area contributed by atoms with Gasteiger partial charge in [-0.2, -0.15) is 0 Å². The van der Waals surface area contributed by atoms with Crippen LogP contribution >= 0.6 is 23.1 Å². The van der Waals surface area contributed by atoms with Crippen molar-refractivity contribution in [3.63, 3.8) is 0 Å². The van der Waals surface area contributed by atoms with Crippen molar-refractivity contribution in [2.75, 3.05) is 37.4 Å². The maximum atomic E-state index is 11.5. The van der Waals surface area contributed by atoms with Gasteiger partial charge in [0.25, 0.3) is 0 Å². The van der Waals surface area contributed by atoms with Gasteiger partial charge < -0.3 is 16.0 Å². The fourth-order valence-electron chi connectivity index (χ4n) is 1.89. The van der Waals surface area contributed by atoms with Gasteiger partial charge in [0.15, 0.2) is 5.78 Å². The summed E-state index contributed by atoms with van der Waals surface area (Å²) in [6.45, 7) is 7.80. The number of anilines is 2. The quantitative estimate of drug-likeness (QED) is 0.569. The first-order chi connectivity index (χ1) is 9.42. The second-order valence-electron chi connectivity index (χ2n) is 4.93. The molecule has 0 aliphatic heterocycles. The Morgan fingerprint density at radius 2 is 2.20 bits per heavy atom. The number of carbonyl (C=O) groups excluding carboxylic acids is 1. The molecule has 0 saturated heterocycles. The zero-order chi connectivity index (χ0) is 15.3. The number of nitrogens with one attached hydrogen (secondary N) is 1. The number of carbonyl (C=O) groups is 1. The number of Topliss-reactive ketones (excluding diaryl/α,β-unsaturated/α-hetero) is 1. The number of thiophene rings is 1. The number of nitrogens with two attached hydrogens (primary N) is 1. The number of nitrogens with zero attached hydrogens (tertiary/aromatic N) is 1. The molecule has 0 aliphatic carbocycles. The Morgan fingerprint density at radius 1 is 1.55 bits per heavy atom. The molecular formula is C14H25N3OS2. The smallest absolute Gasteiger partial charge is 0.171 e. The second kappa shape index (κ2) is 7.90.